The molecule has 6 aromatic rings. The molecule has 0 bridgehead atoms. The van der Waals surface area contributed by atoms with E-state index in [1.807, 2.05) is 0 Å². The van der Waals surface area contributed by atoms with E-state index in [-0.39, 0.29) is 0 Å². The molecule has 0 spiro atoms. The van der Waals surface area contributed by atoms with E-state index >= 15 is 0 Å². The molecule has 6 rings (SSSR count). The van der Waals surface area contributed by atoms with E-state index in [0.29, 0.717) is 0 Å². The van der Waals surface area contributed by atoms with E-state index in [9.17, 15) is 14.2 Å². The molecule has 0 aliphatic carbocycles. The first-order valence-corrected chi connectivity index (χ1v) is 28.9. The van der Waals surface area contributed by atoms with Crippen molar-refractivity contribution in [3.8, 4) is 0 Å². The number of benzene rings is 6. The van der Waals surface area contributed by atoms with Crippen LogP contribution in [0, 0.1) is 0 Å². The Labute approximate surface area is 367 Å². The first-order valence-electron chi connectivity index (χ1n) is 17.3. The second-order valence-corrected chi connectivity index (χ2v) is 24.0. The molecule has 62 heavy (non-hydrogen) atoms. The molecule has 0 unspecified atom stereocenters. The molecule has 0 heterocycles. The maximum absolute atomic E-state index is 10.3. The summed E-state index contributed by atoms with van der Waals surface area (Å²) in [7, 11) is -3.07. The SMILES string of the molecule is CC[P+](c1ccccc1)(c1ccccc1)c1ccccc1.CC[P+](c1ccccc1)(c1ccccc1)c1ccccc1.[O]=[Mn](=[O])([O-])[F].[O]=[Mn](=[O])([O-])[F].[O]=[Mn](=[O])([OH])[F].[O]=[Mn](=[O])([OH])[F]. The molecule has 0 radical (unpaired) electrons. The molecule has 0 aliphatic heterocycles. The first-order chi connectivity index (χ1) is 28.8. The van der Waals surface area contributed by atoms with Gasteiger partial charge in [0.25, 0.3) is 0 Å². The van der Waals surface area contributed by atoms with E-state index in [2.05, 4.69) is 196 Å². The molecule has 0 fully saturated rings. The summed E-state index contributed by atoms with van der Waals surface area (Å²) >= 11 is -23.0. The zero-order valence-corrected chi connectivity index (χ0v) is 39.1. The molecule has 0 atom stereocenters. The molecule has 22 heteroatoms. The van der Waals surface area contributed by atoms with Gasteiger partial charge in [-0.2, -0.15) is 0 Å². The number of rotatable bonds is 8. The summed E-state index contributed by atoms with van der Waals surface area (Å²) in [6.07, 6.45) is 2.29. The third kappa shape index (κ3) is 23.1. The van der Waals surface area contributed by atoms with Gasteiger partial charge in [-0.05, 0) is 86.6 Å². The number of halogens is 4. The maximum atomic E-state index is 10.3. The first kappa shape index (κ1) is 56.2. The molecule has 6 aromatic carbocycles. The van der Waals surface area contributed by atoms with Crippen molar-refractivity contribution in [2.45, 2.75) is 13.8 Å². The minimum atomic E-state index is -5.88. The van der Waals surface area contributed by atoms with Gasteiger partial charge < -0.3 is 0 Å². The fraction of sp³-hybridized carbons (Fsp3) is 0.100. The monoisotopic (exact) mass is 1070 g/mol. The Bertz CT molecular complexity index is 2160. The summed E-state index contributed by atoms with van der Waals surface area (Å²) in [5.41, 5.74) is 0. The van der Waals surface area contributed by atoms with Crippen molar-refractivity contribution < 1.29 is 116 Å². The van der Waals surface area contributed by atoms with Crippen LogP contribution in [-0.2, 0) is 84.6 Å². The van der Waals surface area contributed by atoms with Crippen LogP contribution in [0.15, 0.2) is 182 Å². The quantitative estimate of drug-likeness (QED) is 0.114. The number of hydrogen-bond acceptors (Lipinski definition) is 10. The standard InChI is InChI=1S/2C20H20P.4FH.4Mn.2H2O.10O/c2*1-2-21(18-12-6-3-7-13-18,19-14-8-4-9-15-19)20-16-10-5-11-17-20;;;;;;;;;;;;;;;;;;;;/h2*3-17H,2H2,1H3;4*1H;;;;;2*1H2;;;;;;;;;;/q2*+1;;;;;2*+1;2*+2;;;;;;;;;;;2*-1/p-6. The predicted molar refractivity (Wildman–Crippen MR) is 206 cm³/mol. The normalized spacial score (nSPS) is 11.4. The van der Waals surface area contributed by atoms with Crippen molar-refractivity contribution in [3.05, 3.63) is 182 Å². The van der Waals surface area contributed by atoms with Crippen molar-refractivity contribution in [2.75, 3.05) is 12.3 Å². The zero-order chi connectivity index (χ0) is 47.1. The van der Waals surface area contributed by atoms with E-state index in [4.69, 9.17) is 47.4 Å². The summed E-state index contributed by atoms with van der Waals surface area (Å²) in [5.74, 6) is 0. The predicted octanol–water partition coefficient (Wildman–Crippen LogP) is 5.23. The Morgan fingerprint density at radius 1 is 0.355 bits per heavy atom. The second kappa shape index (κ2) is 26.8. The summed E-state index contributed by atoms with van der Waals surface area (Å²) in [4.78, 5) is 0. The van der Waals surface area contributed by atoms with Gasteiger partial charge in [0.1, 0.15) is 46.4 Å². The van der Waals surface area contributed by atoms with E-state index in [1.165, 1.54) is 31.8 Å². The van der Waals surface area contributed by atoms with Gasteiger partial charge in [-0.15, -0.1) is 0 Å². The second-order valence-electron chi connectivity index (χ2n) is 11.8. The molecule has 2 N–H and O–H groups in total. The van der Waals surface area contributed by atoms with Crippen LogP contribution in [-0.4, -0.2) is 20.7 Å². The van der Waals surface area contributed by atoms with Crippen molar-refractivity contribution in [3.63, 3.8) is 0 Å². The molecule has 0 saturated carbocycles. The van der Waals surface area contributed by atoms with Crippen LogP contribution in [0.2, 0.25) is 0 Å². The average Bonchev–Trinajstić information content (AvgIpc) is 3.19. The van der Waals surface area contributed by atoms with Crippen LogP contribution in [0.3, 0.4) is 0 Å². The van der Waals surface area contributed by atoms with Crippen molar-refractivity contribution in [1.29, 1.82) is 0 Å². The van der Waals surface area contributed by atoms with Crippen LogP contribution >= 0.6 is 14.5 Å². The van der Waals surface area contributed by atoms with Crippen molar-refractivity contribution in [1.82, 2.24) is 0 Å². The Kier molecular flexibility index (Phi) is 24.3. The Balaban J connectivity index is 0.000000435. The topological polar surface area (TPSA) is 223 Å². The zero-order valence-electron chi connectivity index (χ0n) is 32.6. The average molecular weight is 1070 g/mol. The van der Waals surface area contributed by atoms with Gasteiger partial charge in [-0.1, -0.05) is 109 Å². The van der Waals surface area contributed by atoms with Gasteiger partial charge in [0.15, 0.2) is 0 Å². The van der Waals surface area contributed by atoms with Gasteiger partial charge in [0.2, 0.25) is 0 Å². The van der Waals surface area contributed by atoms with Crippen LogP contribution < -0.4 is 40.2 Å². The van der Waals surface area contributed by atoms with Gasteiger partial charge in [-0.3, -0.25) is 0 Å². The summed E-state index contributed by atoms with van der Waals surface area (Å²) in [6.45, 7) is 4.64. The molecule has 0 aromatic heterocycles. The minimum absolute atomic E-state index is 1.14. The molecule has 0 aliphatic rings. The van der Waals surface area contributed by atoms with Crippen LogP contribution in [0.4, 0.5) is 14.2 Å². The van der Waals surface area contributed by atoms with E-state index in [0.717, 1.165) is 12.3 Å². The summed E-state index contributed by atoms with van der Waals surface area (Å²) in [6, 6.07) is 66.0. The van der Waals surface area contributed by atoms with Gasteiger partial charge in [-0.25, -0.2) is 0 Å². The van der Waals surface area contributed by atoms with Gasteiger partial charge in [0, 0.05) is 0 Å². The summed E-state index contributed by atoms with van der Waals surface area (Å²) in [5, 5.41) is 8.78. The fourth-order valence-electron chi connectivity index (χ4n) is 6.08. The number of hydrogen-bond donors (Lipinski definition) is 2. The molecular formula is C40H42F4Mn4O12P2. The Hall–Kier alpha value is -3.78. The van der Waals surface area contributed by atoms with Gasteiger partial charge in [0.05, 0.1) is 12.3 Å². The van der Waals surface area contributed by atoms with E-state index in [1.54, 1.807) is 0 Å². The molecule has 0 amide bonds. The molecule has 340 valence electrons. The Morgan fingerprint density at radius 2 is 0.452 bits per heavy atom. The summed E-state index contributed by atoms with van der Waals surface area (Å²) < 4.78 is 140. The third-order valence-corrected chi connectivity index (χ3v) is 17.1. The van der Waals surface area contributed by atoms with Crippen LogP contribution in [0.25, 0.3) is 0 Å². The van der Waals surface area contributed by atoms with Crippen molar-refractivity contribution in [2.24, 2.45) is 0 Å². The van der Waals surface area contributed by atoms with Crippen LogP contribution in [0.5, 0.6) is 0 Å². The van der Waals surface area contributed by atoms with Gasteiger partial charge >= 0.3 is 116 Å². The third-order valence-electron chi connectivity index (χ3n) is 8.13. The fourth-order valence-corrected chi connectivity index (χ4v) is 14.2. The van der Waals surface area contributed by atoms with Crippen LogP contribution in [0.1, 0.15) is 13.8 Å². The molecular weight excluding hydrogens is 1030 g/mol. The molecule has 12 nitrogen and oxygen atoms in total. The van der Waals surface area contributed by atoms with E-state index < -0.39 is 68.5 Å². The van der Waals surface area contributed by atoms with Crippen molar-refractivity contribution >= 4 is 46.4 Å². The Morgan fingerprint density at radius 3 is 0.532 bits per heavy atom. The molecule has 0 saturated heterocycles.